The van der Waals surface area contributed by atoms with Crippen LogP contribution in [0.5, 0.6) is 5.75 Å². The Labute approximate surface area is 73.4 Å². The Morgan fingerprint density at radius 2 is 2.25 bits per heavy atom. The van der Waals surface area contributed by atoms with Crippen LogP contribution in [0.4, 0.5) is 0 Å². The molecule has 0 amide bonds. The third-order valence-corrected chi connectivity index (χ3v) is 2.36. The number of hydrogen-bond donors (Lipinski definition) is 0. The molecule has 0 N–H and O–H groups in total. The van der Waals surface area contributed by atoms with Gasteiger partial charge in [0.25, 0.3) is 0 Å². The summed E-state index contributed by atoms with van der Waals surface area (Å²) >= 11 is 0. The first-order valence-electron chi connectivity index (χ1n) is 4.40. The highest BCUT2D eigenvalue weighted by Crippen LogP contribution is 2.26. The van der Waals surface area contributed by atoms with Gasteiger partial charge in [0.05, 0.1) is 7.11 Å². The van der Waals surface area contributed by atoms with Crippen LogP contribution in [0, 0.1) is 6.42 Å². The number of rotatable bonds is 1. The number of ether oxygens (including phenoxy) is 1. The minimum atomic E-state index is 0.976. The molecule has 0 spiro atoms. The summed E-state index contributed by atoms with van der Waals surface area (Å²) in [6.45, 7) is 0. The van der Waals surface area contributed by atoms with Crippen molar-refractivity contribution >= 4 is 0 Å². The van der Waals surface area contributed by atoms with E-state index in [2.05, 4.69) is 18.6 Å². The Hall–Kier alpha value is -0.980. The molecule has 12 heavy (non-hydrogen) atoms. The van der Waals surface area contributed by atoms with Crippen molar-refractivity contribution in [2.24, 2.45) is 0 Å². The standard InChI is InChI=1S/C11H13O/c1-12-11-7-6-9-4-2-3-5-10(9)8-11/h4,6-8H,2-3,5H2,1H3. The van der Waals surface area contributed by atoms with Crippen LogP contribution in [-0.2, 0) is 6.42 Å². The molecule has 0 aromatic heterocycles. The lowest BCUT2D eigenvalue weighted by atomic mass is 9.92. The van der Waals surface area contributed by atoms with E-state index in [1.165, 1.54) is 30.4 Å². The predicted octanol–water partition coefficient (Wildman–Crippen LogP) is 2.58. The smallest absolute Gasteiger partial charge is 0.119 e. The van der Waals surface area contributed by atoms with Gasteiger partial charge in [0.2, 0.25) is 0 Å². The van der Waals surface area contributed by atoms with Crippen LogP contribution in [0.1, 0.15) is 24.0 Å². The normalized spacial score (nSPS) is 15.4. The van der Waals surface area contributed by atoms with Crippen LogP contribution in [0.15, 0.2) is 18.2 Å². The highest BCUT2D eigenvalue weighted by Gasteiger charge is 2.09. The second-order valence-corrected chi connectivity index (χ2v) is 3.16. The Kier molecular flexibility index (Phi) is 2.03. The number of aryl methyl sites for hydroxylation is 1. The Morgan fingerprint density at radius 1 is 1.33 bits per heavy atom. The van der Waals surface area contributed by atoms with Gasteiger partial charge in [0.1, 0.15) is 5.75 Å². The van der Waals surface area contributed by atoms with E-state index in [0.29, 0.717) is 0 Å². The van der Waals surface area contributed by atoms with Crippen LogP contribution in [0.25, 0.3) is 0 Å². The van der Waals surface area contributed by atoms with Crippen molar-refractivity contribution in [1.29, 1.82) is 0 Å². The molecule has 1 aliphatic carbocycles. The lowest BCUT2D eigenvalue weighted by Crippen LogP contribution is -2.00. The Balaban J connectivity index is 2.36. The summed E-state index contributed by atoms with van der Waals surface area (Å²) in [5.74, 6) is 0.976. The molecule has 0 saturated heterocycles. The van der Waals surface area contributed by atoms with Crippen molar-refractivity contribution in [2.45, 2.75) is 19.3 Å². The first-order chi connectivity index (χ1) is 5.90. The fraction of sp³-hybridized carbons (Fsp3) is 0.364. The molecule has 0 unspecified atom stereocenters. The molecule has 0 atom stereocenters. The minimum Gasteiger partial charge on any atom is -0.497 e. The molecule has 1 nitrogen and oxygen atoms in total. The fourth-order valence-corrected chi connectivity index (χ4v) is 1.67. The monoisotopic (exact) mass is 161 g/mol. The average Bonchev–Trinajstić information content (AvgIpc) is 2.17. The highest BCUT2D eigenvalue weighted by atomic mass is 16.5. The van der Waals surface area contributed by atoms with E-state index in [1.54, 1.807) is 7.11 Å². The molecule has 1 aromatic rings. The largest absolute Gasteiger partial charge is 0.497 e. The Bertz CT molecular complexity index is 278. The summed E-state index contributed by atoms with van der Waals surface area (Å²) < 4.78 is 5.17. The van der Waals surface area contributed by atoms with Gasteiger partial charge in [0, 0.05) is 0 Å². The Morgan fingerprint density at radius 3 is 3.08 bits per heavy atom. The van der Waals surface area contributed by atoms with Gasteiger partial charge in [-0.1, -0.05) is 6.07 Å². The number of fused-ring (bicyclic) bond motifs is 1. The summed E-state index contributed by atoms with van der Waals surface area (Å²) in [5, 5.41) is 0. The van der Waals surface area contributed by atoms with Crippen LogP contribution in [0.3, 0.4) is 0 Å². The molecule has 63 valence electrons. The van der Waals surface area contributed by atoms with E-state index in [-0.39, 0.29) is 0 Å². The average molecular weight is 161 g/mol. The molecule has 0 aliphatic heterocycles. The predicted molar refractivity (Wildman–Crippen MR) is 49.3 cm³/mol. The van der Waals surface area contributed by atoms with E-state index in [1.807, 2.05) is 6.07 Å². The first-order valence-corrected chi connectivity index (χ1v) is 4.40. The lowest BCUT2D eigenvalue weighted by molar-refractivity contribution is 0.414. The van der Waals surface area contributed by atoms with Crippen molar-refractivity contribution in [3.8, 4) is 5.75 Å². The molecular formula is C11H13O. The molecule has 0 saturated carbocycles. The summed E-state index contributed by atoms with van der Waals surface area (Å²) in [6.07, 6.45) is 6.00. The molecular weight excluding hydrogens is 148 g/mol. The topological polar surface area (TPSA) is 9.23 Å². The second kappa shape index (κ2) is 3.18. The van der Waals surface area contributed by atoms with E-state index in [0.717, 1.165) is 5.75 Å². The summed E-state index contributed by atoms with van der Waals surface area (Å²) in [4.78, 5) is 0. The van der Waals surface area contributed by atoms with Crippen molar-refractivity contribution in [2.75, 3.05) is 7.11 Å². The zero-order valence-electron chi connectivity index (χ0n) is 7.34. The zero-order chi connectivity index (χ0) is 8.39. The zero-order valence-corrected chi connectivity index (χ0v) is 7.34. The number of hydrogen-bond acceptors (Lipinski definition) is 1. The fourth-order valence-electron chi connectivity index (χ4n) is 1.67. The van der Waals surface area contributed by atoms with Crippen molar-refractivity contribution < 1.29 is 4.74 Å². The number of benzene rings is 1. The maximum atomic E-state index is 5.17. The molecule has 1 aliphatic rings. The molecule has 0 bridgehead atoms. The van der Waals surface area contributed by atoms with Gasteiger partial charge in [-0.3, -0.25) is 0 Å². The second-order valence-electron chi connectivity index (χ2n) is 3.16. The van der Waals surface area contributed by atoms with E-state index in [9.17, 15) is 0 Å². The summed E-state index contributed by atoms with van der Waals surface area (Å²) in [5.41, 5.74) is 2.82. The van der Waals surface area contributed by atoms with E-state index < -0.39 is 0 Å². The summed E-state index contributed by atoms with van der Waals surface area (Å²) in [7, 11) is 1.72. The van der Waals surface area contributed by atoms with Crippen molar-refractivity contribution in [3.63, 3.8) is 0 Å². The SMILES string of the molecule is COc1ccc2c(c1)CCC[CH]2. The van der Waals surface area contributed by atoms with Gasteiger partial charge in [-0.2, -0.15) is 0 Å². The molecule has 1 heteroatoms. The quantitative estimate of drug-likeness (QED) is 0.615. The van der Waals surface area contributed by atoms with E-state index in [4.69, 9.17) is 4.74 Å². The van der Waals surface area contributed by atoms with Crippen LogP contribution < -0.4 is 4.74 Å². The third kappa shape index (κ3) is 1.31. The van der Waals surface area contributed by atoms with Gasteiger partial charge in [-0.25, -0.2) is 0 Å². The molecule has 1 radical (unpaired) electrons. The first kappa shape index (κ1) is 7.66. The van der Waals surface area contributed by atoms with Gasteiger partial charge in [0.15, 0.2) is 0 Å². The molecule has 0 fully saturated rings. The third-order valence-electron chi connectivity index (χ3n) is 2.36. The van der Waals surface area contributed by atoms with Gasteiger partial charge in [-0.15, -0.1) is 0 Å². The van der Waals surface area contributed by atoms with Crippen molar-refractivity contribution in [1.82, 2.24) is 0 Å². The van der Waals surface area contributed by atoms with Crippen molar-refractivity contribution in [3.05, 3.63) is 35.7 Å². The summed E-state index contributed by atoms with van der Waals surface area (Å²) in [6, 6.07) is 6.32. The van der Waals surface area contributed by atoms with Gasteiger partial charge < -0.3 is 4.74 Å². The minimum absolute atomic E-state index is 0.976. The van der Waals surface area contributed by atoms with Gasteiger partial charge in [-0.05, 0) is 48.9 Å². The van der Waals surface area contributed by atoms with Crippen LogP contribution in [-0.4, -0.2) is 7.11 Å². The molecule has 0 heterocycles. The maximum absolute atomic E-state index is 5.17. The van der Waals surface area contributed by atoms with Crippen LogP contribution in [0.2, 0.25) is 0 Å². The molecule has 1 aromatic carbocycles. The van der Waals surface area contributed by atoms with Crippen LogP contribution >= 0.6 is 0 Å². The highest BCUT2D eigenvalue weighted by molar-refractivity contribution is 5.40. The lowest BCUT2D eigenvalue weighted by Gasteiger charge is -2.15. The maximum Gasteiger partial charge on any atom is 0.119 e. The number of methoxy groups -OCH3 is 1. The van der Waals surface area contributed by atoms with Gasteiger partial charge >= 0.3 is 0 Å². The molecule has 2 rings (SSSR count). The van der Waals surface area contributed by atoms with E-state index >= 15 is 0 Å².